The molecule has 0 spiro atoms. The zero-order valence-electron chi connectivity index (χ0n) is 29.8. The fourth-order valence-corrected chi connectivity index (χ4v) is 6.85. The molecule has 0 saturated heterocycles. The van der Waals surface area contributed by atoms with Gasteiger partial charge in [-0.3, -0.25) is 0 Å². The van der Waals surface area contributed by atoms with Gasteiger partial charge < -0.3 is 9.80 Å². The summed E-state index contributed by atoms with van der Waals surface area (Å²) in [5.41, 5.74) is 17.4. The van der Waals surface area contributed by atoms with Gasteiger partial charge in [0, 0.05) is 40.0 Å². The molecule has 0 aromatic heterocycles. The fraction of sp³-hybridized carbons (Fsp3) is 0.217. The standard InChI is InChI=1S/C46H48N2/c1-31(2)46(44-27-25-42(29-36(44)7)47(38-17-9-32(3)10-18-38)39-19-11-33(4)12-20-39)45-28-26-43(30-37(45)8)48(40-21-13-34(5)14-22-40)41-23-15-35(6)16-24-41/h9-31,46H,1-8H3. The van der Waals surface area contributed by atoms with E-state index in [9.17, 15) is 0 Å². The van der Waals surface area contributed by atoms with E-state index in [1.165, 1.54) is 55.9 Å². The molecule has 0 amide bonds. The molecule has 48 heavy (non-hydrogen) atoms. The molecule has 0 aliphatic carbocycles. The molecule has 6 rings (SSSR count). The van der Waals surface area contributed by atoms with Crippen LogP contribution in [0.15, 0.2) is 133 Å². The predicted octanol–water partition coefficient (Wildman–Crippen LogP) is 13.3. The molecule has 0 unspecified atom stereocenters. The van der Waals surface area contributed by atoms with Crippen LogP contribution in [0.2, 0.25) is 0 Å². The third-order valence-electron chi connectivity index (χ3n) is 9.53. The number of rotatable bonds is 9. The van der Waals surface area contributed by atoms with Gasteiger partial charge in [-0.15, -0.1) is 0 Å². The molecule has 0 radical (unpaired) electrons. The van der Waals surface area contributed by atoms with Gasteiger partial charge in [0.1, 0.15) is 0 Å². The molecule has 0 N–H and O–H groups in total. The lowest BCUT2D eigenvalue weighted by molar-refractivity contribution is 0.559. The smallest absolute Gasteiger partial charge is 0.0464 e. The highest BCUT2D eigenvalue weighted by atomic mass is 15.1. The summed E-state index contributed by atoms with van der Waals surface area (Å²) in [6.45, 7) is 17.8. The van der Waals surface area contributed by atoms with Gasteiger partial charge >= 0.3 is 0 Å². The van der Waals surface area contributed by atoms with Crippen molar-refractivity contribution in [3.63, 3.8) is 0 Å². The van der Waals surface area contributed by atoms with E-state index in [1.54, 1.807) is 0 Å². The van der Waals surface area contributed by atoms with Crippen LogP contribution in [0.3, 0.4) is 0 Å². The van der Waals surface area contributed by atoms with Crippen LogP contribution in [0, 0.1) is 47.5 Å². The average molecular weight is 629 g/mol. The van der Waals surface area contributed by atoms with Crippen molar-refractivity contribution in [2.24, 2.45) is 5.92 Å². The Bertz CT molecular complexity index is 1750. The second-order valence-electron chi connectivity index (χ2n) is 13.8. The van der Waals surface area contributed by atoms with Crippen molar-refractivity contribution in [1.29, 1.82) is 0 Å². The van der Waals surface area contributed by atoms with Crippen LogP contribution >= 0.6 is 0 Å². The average Bonchev–Trinajstić information content (AvgIpc) is 3.07. The van der Waals surface area contributed by atoms with Crippen molar-refractivity contribution >= 4 is 34.1 Å². The first kappa shape index (κ1) is 32.8. The molecule has 0 bridgehead atoms. The largest absolute Gasteiger partial charge is 0.310 e. The van der Waals surface area contributed by atoms with Crippen LogP contribution in [0.5, 0.6) is 0 Å². The van der Waals surface area contributed by atoms with Gasteiger partial charge in [-0.25, -0.2) is 0 Å². The number of aryl methyl sites for hydroxylation is 6. The van der Waals surface area contributed by atoms with E-state index in [0.29, 0.717) is 5.92 Å². The second-order valence-corrected chi connectivity index (χ2v) is 13.8. The first-order valence-electron chi connectivity index (χ1n) is 17.2. The molecule has 0 atom stereocenters. The Morgan fingerprint density at radius 2 is 0.583 bits per heavy atom. The zero-order chi connectivity index (χ0) is 33.9. The van der Waals surface area contributed by atoms with Crippen molar-refractivity contribution < 1.29 is 0 Å². The quantitative estimate of drug-likeness (QED) is 0.157. The second kappa shape index (κ2) is 14.0. The summed E-state index contributed by atoms with van der Waals surface area (Å²) < 4.78 is 0. The van der Waals surface area contributed by atoms with E-state index in [4.69, 9.17) is 0 Å². The molecule has 2 nitrogen and oxygen atoms in total. The summed E-state index contributed by atoms with van der Waals surface area (Å²) in [5.74, 6) is 0.696. The highest BCUT2D eigenvalue weighted by molar-refractivity contribution is 5.79. The maximum atomic E-state index is 2.37. The minimum atomic E-state index is 0.271. The van der Waals surface area contributed by atoms with E-state index in [2.05, 4.69) is 199 Å². The molecular formula is C46H48N2. The van der Waals surface area contributed by atoms with Gasteiger partial charge in [0.05, 0.1) is 0 Å². The molecular weight excluding hydrogens is 581 g/mol. The third-order valence-corrected chi connectivity index (χ3v) is 9.53. The van der Waals surface area contributed by atoms with Crippen LogP contribution in [0.4, 0.5) is 34.1 Å². The molecule has 0 aliphatic rings. The predicted molar refractivity (Wildman–Crippen MR) is 207 cm³/mol. The lowest BCUT2D eigenvalue weighted by atomic mass is 9.79. The minimum Gasteiger partial charge on any atom is -0.310 e. The maximum absolute atomic E-state index is 2.37. The lowest BCUT2D eigenvalue weighted by Crippen LogP contribution is -2.15. The molecule has 0 fully saturated rings. The van der Waals surface area contributed by atoms with Crippen LogP contribution in [-0.4, -0.2) is 0 Å². The highest BCUT2D eigenvalue weighted by Gasteiger charge is 2.24. The Morgan fingerprint density at radius 3 is 0.812 bits per heavy atom. The third kappa shape index (κ3) is 6.94. The molecule has 0 saturated carbocycles. The summed E-state index contributed by atoms with van der Waals surface area (Å²) >= 11 is 0. The van der Waals surface area contributed by atoms with Gasteiger partial charge in [0.25, 0.3) is 0 Å². The molecule has 2 heteroatoms. The maximum Gasteiger partial charge on any atom is 0.0464 e. The summed E-state index contributed by atoms with van der Waals surface area (Å²) in [6.07, 6.45) is 0. The number of nitrogens with zero attached hydrogens (tertiary/aromatic N) is 2. The first-order chi connectivity index (χ1) is 23.1. The Hall–Kier alpha value is -5.08. The van der Waals surface area contributed by atoms with E-state index in [1.807, 2.05) is 0 Å². The Labute approximate surface area is 288 Å². The molecule has 0 aliphatic heterocycles. The van der Waals surface area contributed by atoms with Crippen LogP contribution < -0.4 is 9.80 Å². The monoisotopic (exact) mass is 628 g/mol. The molecule has 6 aromatic rings. The van der Waals surface area contributed by atoms with Gasteiger partial charge in [0.2, 0.25) is 0 Å². The summed E-state index contributed by atoms with van der Waals surface area (Å²) in [6, 6.07) is 49.4. The summed E-state index contributed by atoms with van der Waals surface area (Å²) in [5, 5.41) is 0. The van der Waals surface area contributed by atoms with E-state index >= 15 is 0 Å². The lowest BCUT2D eigenvalue weighted by Gasteiger charge is -2.30. The van der Waals surface area contributed by atoms with Gasteiger partial charge in [-0.1, -0.05) is 96.8 Å². The van der Waals surface area contributed by atoms with Crippen LogP contribution in [0.25, 0.3) is 0 Å². The first-order valence-corrected chi connectivity index (χ1v) is 17.2. The topological polar surface area (TPSA) is 6.48 Å². The molecule has 6 aromatic carbocycles. The minimum absolute atomic E-state index is 0.271. The Morgan fingerprint density at radius 1 is 0.333 bits per heavy atom. The van der Waals surface area contributed by atoms with E-state index in [-0.39, 0.29) is 5.92 Å². The van der Waals surface area contributed by atoms with Gasteiger partial charge in [-0.05, 0) is 143 Å². The van der Waals surface area contributed by atoms with Crippen LogP contribution in [0.1, 0.15) is 64.3 Å². The van der Waals surface area contributed by atoms with Crippen molar-refractivity contribution in [2.45, 2.75) is 61.3 Å². The summed E-state index contributed by atoms with van der Waals surface area (Å²) in [7, 11) is 0. The van der Waals surface area contributed by atoms with Crippen molar-refractivity contribution in [2.75, 3.05) is 9.80 Å². The summed E-state index contributed by atoms with van der Waals surface area (Å²) in [4.78, 5) is 4.73. The normalized spacial score (nSPS) is 11.3. The van der Waals surface area contributed by atoms with E-state index in [0.717, 1.165) is 22.7 Å². The van der Waals surface area contributed by atoms with Crippen LogP contribution in [-0.2, 0) is 0 Å². The van der Waals surface area contributed by atoms with Gasteiger partial charge in [0.15, 0.2) is 0 Å². The Balaban J connectivity index is 1.39. The Kier molecular flexibility index (Phi) is 9.55. The number of hydrogen-bond acceptors (Lipinski definition) is 2. The SMILES string of the molecule is Cc1ccc(N(c2ccc(C)cc2)c2ccc(C(c3ccc(N(c4ccc(C)cc4)c4ccc(C)cc4)cc3C)C(C)C)c(C)c2)cc1. The molecule has 0 heterocycles. The number of anilines is 6. The van der Waals surface area contributed by atoms with E-state index < -0.39 is 0 Å². The van der Waals surface area contributed by atoms with Crippen molar-refractivity contribution in [1.82, 2.24) is 0 Å². The fourth-order valence-electron chi connectivity index (χ4n) is 6.85. The zero-order valence-corrected chi connectivity index (χ0v) is 29.8. The van der Waals surface area contributed by atoms with Gasteiger partial charge in [-0.2, -0.15) is 0 Å². The van der Waals surface area contributed by atoms with Crippen molar-refractivity contribution in [3.8, 4) is 0 Å². The van der Waals surface area contributed by atoms with Crippen molar-refractivity contribution in [3.05, 3.63) is 178 Å². The highest BCUT2D eigenvalue weighted by Crippen LogP contribution is 2.42. The number of benzene rings is 6. The number of hydrogen-bond donors (Lipinski definition) is 0. The molecule has 242 valence electrons.